The molecule has 1 aliphatic carbocycles. The van der Waals surface area contributed by atoms with Crippen molar-refractivity contribution in [3.8, 4) is 17.5 Å². The van der Waals surface area contributed by atoms with E-state index in [2.05, 4.69) is 16.4 Å². The van der Waals surface area contributed by atoms with Crippen molar-refractivity contribution in [2.45, 2.75) is 39.2 Å². The Labute approximate surface area is 217 Å². The van der Waals surface area contributed by atoms with Gasteiger partial charge in [-0.3, -0.25) is 14.9 Å². The van der Waals surface area contributed by atoms with E-state index in [0.717, 1.165) is 5.56 Å². The minimum Gasteiger partial charge on any atom is -0.487 e. The van der Waals surface area contributed by atoms with Crippen LogP contribution < -0.4 is 10.5 Å². The normalized spacial score (nSPS) is 18.4. The molecule has 192 valence electrons. The molecule has 0 bridgehead atoms. The van der Waals surface area contributed by atoms with Crippen molar-refractivity contribution in [1.82, 2.24) is 15.0 Å². The molecule has 1 atom stereocenters. The third-order valence-electron chi connectivity index (χ3n) is 6.54. The number of benzene rings is 2. The molecule has 1 unspecified atom stereocenters. The molecule has 0 saturated carbocycles. The topological polar surface area (TPSA) is 159 Å². The van der Waals surface area contributed by atoms with Crippen molar-refractivity contribution < 1.29 is 19.2 Å². The van der Waals surface area contributed by atoms with Crippen LogP contribution in [0.5, 0.6) is 5.75 Å². The molecule has 38 heavy (non-hydrogen) atoms. The number of aromatic nitrogens is 3. The maximum absolute atomic E-state index is 13.1. The summed E-state index contributed by atoms with van der Waals surface area (Å²) >= 11 is 0. The number of nitrogens with two attached hydrogens (primary N) is 1. The van der Waals surface area contributed by atoms with Crippen LogP contribution in [-0.2, 0) is 16.1 Å². The smallest absolute Gasteiger partial charge is 0.269 e. The van der Waals surface area contributed by atoms with E-state index in [1.807, 2.05) is 13.8 Å². The predicted molar refractivity (Wildman–Crippen MR) is 134 cm³/mol. The first kappa shape index (κ1) is 24.7. The third kappa shape index (κ3) is 4.71. The van der Waals surface area contributed by atoms with Gasteiger partial charge >= 0.3 is 0 Å². The molecule has 0 fully saturated rings. The van der Waals surface area contributed by atoms with Gasteiger partial charge in [-0.25, -0.2) is 4.68 Å². The summed E-state index contributed by atoms with van der Waals surface area (Å²) in [7, 11) is 0. The summed E-state index contributed by atoms with van der Waals surface area (Å²) in [6.07, 6.45) is 2.60. The van der Waals surface area contributed by atoms with Gasteiger partial charge in [0, 0.05) is 30.5 Å². The number of hydrogen-bond donors (Lipinski definition) is 1. The molecule has 11 nitrogen and oxygen atoms in total. The number of nitro groups is 1. The van der Waals surface area contributed by atoms with Crippen LogP contribution in [0.15, 0.2) is 77.5 Å². The van der Waals surface area contributed by atoms with E-state index in [4.69, 9.17) is 15.2 Å². The van der Waals surface area contributed by atoms with Crippen molar-refractivity contribution in [1.29, 1.82) is 5.26 Å². The Morgan fingerprint density at radius 3 is 2.58 bits per heavy atom. The summed E-state index contributed by atoms with van der Waals surface area (Å²) < 4.78 is 13.1. The number of Topliss-reactive ketones (excluding diaryl/α,β-unsaturated/α-hetero) is 1. The number of rotatable bonds is 6. The Bertz CT molecular complexity index is 1530. The van der Waals surface area contributed by atoms with Gasteiger partial charge in [0.05, 0.1) is 22.7 Å². The van der Waals surface area contributed by atoms with Crippen molar-refractivity contribution in [2.75, 3.05) is 0 Å². The maximum atomic E-state index is 13.1. The molecule has 0 saturated heterocycles. The lowest BCUT2D eigenvalue weighted by Crippen LogP contribution is -2.33. The molecule has 2 heterocycles. The number of nitrogens with zero attached hydrogens (tertiary/aromatic N) is 5. The number of carbonyl (C=O) groups is 1. The molecule has 3 aromatic rings. The van der Waals surface area contributed by atoms with Gasteiger partial charge in [0.1, 0.15) is 35.5 Å². The van der Waals surface area contributed by atoms with Crippen LogP contribution in [0.2, 0.25) is 0 Å². The van der Waals surface area contributed by atoms with E-state index in [9.17, 15) is 20.2 Å². The average Bonchev–Trinajstić information content (AvgIpc) is 3.35. The molecule has 2 aliphatic rings. The van der Waals surface area contributed by atoms with Gasteiger partial charge in [-0.15, -0.1) is 5.10 Å². The van der Waals surface area contributed by atoms with Gasteiger partial charge in [-0.2, -0.15) is 5.26 Å². The summed E-state index contributed by atoms with van der Waals surface area (Å²) in [6, 6.07) is 15.2. The molecule has 1 aromatic heterocycles. The highest BCUT2D eigenvalue weighted by molar-refractivity contribution is 6.00. The van der Waals surface area contributed by atoms with Gasteiger partial charge in [-0.1, -0.05) is 31.2 Å². The molecule has 0 spiro atoms. The summed E-state index contributed by atoms with van der Waals surface area (Å²) in [4.78, 5) is 23.5. The standard InChI is InChI=1S/C27H24N6O5/c1-27(2)11-22(34)25-23(12-27)38-26(29)21(13-28)24(25)16-3-9-20(10-4-16)37-15-17-14-32(31-30-17)18-5-7-19(8-6-18)33(35)36/h3-10,14,24H,11-12,15,29H2,1-2H3. The Morgan fingerprint density at radius 1 is 1.21 bits per heavy atom. The largest absolute Gasteiger partial charge is 0.487 e. The van der Waals surface area contributed by atoms with Crippen LogP contribution in [0, 0.1) is 26.9 Å². The molecule has 11 heteroatoms. The lowest BCUT2D eigenvalue weighted by Gasteiger charge is -2.37. The fourth-order valence-corrected chi connectivity index (χ4v) is 4.75. The molecule has 2 N–H and O–H groups in total. The maximum Gasteiger partial charge on any atom is 0.269 e. The average molecular weight is 513 g/mol. The van der Waals surface area contributed by atoms with Gasteiger partial charge < -0.3 is 15.2 Å². The number of nitriles is 1. The van der Waals surface area contributed by atoms with Crippen LogP contribution in [0.4, 0.5) is 5.69 Å². The SMILES string of the molecule is CC1(C)CC(=O)C2=C(C1)OC(N)=C(C#N)C2c1ccc(OCc2cn(-c3ccc([N+](=O)[O-])cc3)nn2)cc1. The third-order valence-corrected chi connectivity index (χ3v) is 6.54. The second kappa shape index (κ2) is 9.48. The van der Waals surface area contributed by atoms with Crippen molar-refractivity contribution in [3.63, 3.8) is 0 Å². The number of ether oxygens (including phenoxy) is 2. The van der Waals surface area contributed by atoms with Gasteiger partial charge in [-0.05, 0) is 35.2 Å². The molecular formula is C27H24N6O5. The van der Waals surface area contributed by atoms with Crippen LogP contribution in [0.1, 0.15) is 43.9 Å². The molecule has 2 aromatic carbocycles. The van der Waals surface area contributed by atoms with E-state index in [0.29, 0.717) is 41.3 Å². The van der Waals surface area contributed by atoms with E-state index in [1.54, 1.807) is 42.6 Å². The first-order valence-electron chi connectivity index (χ1n) is 11.9. The van der Waals surface area contributed by atoms with Crippen LogP contribution in [0.3, 0.4) is 0 Å². The first-order chi connectivity index (χ1) is 18.1. The van der Waals surface area contributed by atoms with Crippen LogP contribution in [0.25, 0.3) is 5.69 Å². The summed E-state index contributed by atoms with van der Waals surface area (Å²) in [5.74, 6) is 0.481. The van der Waals surface area contributed by atoms with Crippen LogP contribution >= 0.6 is 0 Å². The Morgan fingerprint density at radius 2 is 1.92 bits per heavy atom. The van der Waals surface area contributed by atoms with Crippen molar-refractivity contribution in [3.05, 3.63) is 98.9 Å². The Kier molecular flexibility index (Phi) is 6.16. The van der Waals surface area contributed by atoms with E-state index < -0.39 is 10.8 Å². The summed E-state index contributed by atoms with van der Waals surface area (Å²) in [6.45, 7) is 4.15. The quantitative estimate of drug-likeness (QED) is 0.377. The lowest BCUT2D eigenvalue weighted by atomic mass is 9.70. The van der Waals surface area contributed by atoms with Crippen molar-refractivity contribution in [2.24, 2.45) is 11.1 Å². The second-order valence-corrected chi connectivity index (χ2v) is 9.99. The molecule has 5 rings (SSSR count). The van der Waals surface area contributed by atoms with E-state index in [-0.39, 0.29) is 34.9 Å². The zero-order chi connectivity index (χ0) is 27.0. The molecule has 0 radical (unpaired) electrons. The highest BCUT2D eigenvalue weighted by Gasteiger charge is 2.42. The zero-order valence-corrected chi connectivity index (χ0v) is 20.7. The predicted octanol–water partition coefficient (Wildman–Crippen LogP) is 4.21. The van der Waals surface area contributed by atoms with Gasteiger partial charge in [0.2, 0.25) is 5.88 Å². The number of carbonyl (C=O) groups excluding carboxylic acids is 1. The first-order valence-corrected chi connectivity index (χ1v) is 11.9. The Balaban J connectivity index is 1.32. The zero-order valence-electron chi connectivity index (χ0n) is 20.7. The number of allylic oxidation sites excluding steroid dienone is 3. The summed E-state index contributed by atoms with van der Waals surface area (Å²) in [5.41, 5.74) is 8.47. The van der Waals surface area contributed by atoms with E-state index in [1.165, 1.54) is 16.8 Å². The van der Waals surface area contributed by atoms with Gasteiger partial charge in [0.25, 0.3) is 5.69 Å². The number of hydrogen-bond acceptors (Lipinski definition) is 9. The number of non-ortho nitro benzene ring substituents is 1. The monoisotopic (exact) mass is 512 g/mol. The summed E-state index contributed by atoms with van der Waals surface area (Å²) in [5, 5.41) is 28.8. The lowest BCUT2D eigenvalue weighted by molar-refractivity contribution is -0.384. The highest BCUT2D eigenvalue weighted by Crippen LogP contribution is 2.47. The fourth-order valence-electron chi connectivity index (χ4n) is 4.75. The number of nitro benzene ring substituents is 1. The van der Waals surface area contributed by atoms with E-state index >= 15 is 0 Å². The Hall–Kier alpha value is -4.98. The fraction of sp³-hybridized carbons (Fsp3) is 0.259. The van der Waals surface area contributed by atoms with Crippen molar-refractivity contribution >= 4 is 11.5 Å². The molecular weight excluding hydrogens is 488 g/mol. The number of ketones is 1. The minimum absolute atomic E-state index is 0.00843. The second-order valence-electron chi connectivity index (χ2n) is 9.99. The van der Waals surface area contributed by atoms with Gasteiger partial charge in [0.15, 0.2) is 5.78 Å². The minimum atomic E-state index is -0.594. The highest BCUT2D eigenvalue weighted by atomic mass is 16.6. The molecule has 0 amide bonds. The molecule has 1 aliphatic heterocycles. The van der Waals surface area contributed by atoms with Crippen LogP contribution in [-0.4, -0.2) is 25.7 Å².